The molecule has 0 saturated carbocycles. The Morgan fingerprint density at radius 3 is 2.56 bits per heavy atom. The number of nitrogens with zero attached hydrogens (tertiary/aromatic N) is 2. The third-order valence-corrected chi connectivity index (χ3v) is 8.01. The fourth-order valence-corrected chi connectivity index (χ4v) is 5.88. The number of pyridine rings is 1. The fraction of sp³-hybridized carbons (Fsp3) is 0.367. The van der Waals surface area contributed by atoms with Crippen molar-refractivity contribution in [2.24, 2.45) is 5.92 Å². The fourth-order valence-electron chi connectivity index (χ4n) is 5.41. The second-order valence-corrected chi connectivity index (χ2v) is 11.2. The number of carbonyl (C=O) groups excluding carboxylic acids is 2. The summed E-state index contributed by atoms with van der Waals surface area (Å²) in [5, 5.41) is 5.93. The third kappa shape index (κ3) is 6.65. The van der Waals surface area contributed by atoms with Gasteiger partial charge in [-0.05, 0) is 66.7 Å². The number of benzene rings is 2. The van der Waals surface area contributed by atoms with E-state index in [-0.39, 0.29) is 29.3 Å². The number of hydrogen-bond donors (Lipinski definition) is 2. The number of carbonyl (C=O) groups is 2. The number of nitrogens with one attached hydrogen (secondary N) is 2. The molecule has 5 rings (SSSR count). The van der Waals surface area contributed by atoms with E-state index in [4.69, 9.17) is 4.74 Å². The predicted octanol–water partition coefficient (Wildman–Crippen LogP) is 4.32. The molecule has 0 unspecified atom stereocenters. The van der Waals surface area contributed by atoms with Crippen LogP contribution in [0.1, 0.15) is 30.0 Å². The largest absolute Gasteiger partial charge is 0.489 e. The summed E-state index contributed by atoms with van der Waals surface area (Å²) in [5.74, 6) is 1.56. The number of urea groups is 1. The zero-order valence-corrected chi connectivity index (χ0v) is 22.9. The molecule has 204 valence electrons. The van der Waals surface area contributed by atoms with Crippen LogP contribution in [0.5, 0.6) is 5.75 Å². The van der Waals surface area contributed by atoms with Crippen LogP contribution in [0.4, 0.5) is 10.5 Å². The highest BCUT2D eigenvalue weighted by atomic mass is 32.2. The topological polar surface area (TPSA) is 92.7 Å². The second-order valence-electron chi connectivity index (χ2n) is 10.2. The van der Waals surface area contributed by atoms with Crippen LogP contribution in [0.3, 0.4) is 0 Å². The number of aromatic nitrogens is 1. The summed E-state index contributed by atoms with van der Waals surface area (Å²) in [4.78, 5) is 40.6. The number of amides is 3. The lowest BCUT2D eigenvalue weighted by Gasteiger charge is -2.43. The molecule has 2 N–H and O–H groups in total. The molecule has 2 aliphatic rings. The molecule has 3 aromatic rings. The van der Waals surface area contributed by atoms with Crippen molar-refractivity contribution in [2.75, 3.05) is 30.4 Å². The van der Waals surface area contributed by atoms with Gasteiger partial charge in [-0.25, -0.2) is 4.79 Å². The lowest BCUT2D eigenvalue weighted by atomic mass is 9.83. The Kier molecular flexibility index (Phi) is 8.56. The van der Waals surface area contributed by atoms with E-state index in [0.717, 1.165) is 23.4 Å². The van der Waals surface area contributed by atoms with Gasteiger partial charge in [0.15, 0.2) is 0 Å². The Morgan fingerprint density at radius 1 is 1.00 bits per heavy atom. The summed E-state index contributed by atoms with van der Waals surface area (Å²) in [6, 6.07) is 21.7. The number of thioether (sulfide) groups is 1. The van der Waals surface area contributed by atoms with E-state index in [2.05, 4.69) is 10.6 Å². The second kappa shape index (κ2) is 12.4. The maximum atomic E-state index is 13.3. The Bertz CT molecular complexity index is 1350. The molecular formula is C30H34N4O4S. The molecule has 39 heavy (non-hydrogen) atoms. The molecule has 1 aromatic heterocycles. The summed E-state index contributed by atoms with van der Waals surface area (Å²) in [6.45, 7) is 2.20. The first-order chi connectivity index (χ1) is 19.0. The first-order valence-corrected chi connectivity index (χ1v) is 14.7. The first kappa shape index (κ1) is 26.9. The Hall–Kier alpha value is -3.72. The summed E-state index contributed by atoms with van der Waals surface area (Å²) in [5.41, 5.74) is 2.73. The van der Waals surface area contributed by atoms with E-state index in [1.807, 2.05) is 59.4 Å². The summed E-state index contributed by atoms with van der Waals surface area (Å²) >= 11 is 1.64. The summed E-state index contributed by atoms with van der Waals surface area (Å²) in [7, 11) is 0. The molecule has 2 aliphatic heterocycles. The minimum Gasteiger partial charge on any atom is -0.489 e. The SMILES string of the molecule is CSCC[C@H](NC(=O)N1C[C@@H]2C[C@@H](C1)c1cccc(=O)n1C2)C(=O)Nc1ccc(OCc2ccccc2)cc1. The zero-order chi connectivity index (χ0) is 27.2. The minimum atomic E-state index is -0.657. The molecular weight excluding hydrogens is 512 g/mol. The average Bonchev–Trinajstić information content (AvgIpc) is 2.95. The Labute approximate surface area is 232 Å². The van der Waals surface area contributed by atoms with Crippen molar-refractivity contribution in [3.05, 3.63) is 94.4 Å². The van der Waals surface area contributed by atoms with Gasteiger partial charge in [-0.15, -0.1) is 0 Å². The number of hydrogen-bond acceptors (Lipinski definition) is 5. The number of anilines is 1. The molecule has 9 heteroatoms. The molecule has 2 bridgehead atoms. The number of rotatable bonds is 9. The van der Waals surface area contributed by atoms with Gasteiger partial charge in [0.25, 0.3) is 5.56 Å². The maximum Gasteiger partial charge on any atom is 0.318 e. The number of fused-ring (bicyclic) bond motifs is 4. The van der Waals surface area contributed by atoms with Gasteiger partial charge in [0, 0.05) is 43.0 Å². The van der Waals surface area contributed by atoms with Crippen molar-refractivity contribution in [3.63, 3.8) is 0 Å². The molecule has 1 saturated heterocycles. The molecule has 0 radical (unpaired) electrons. The first-order valence-electron chi connectivity index (χ1n) is 13.3. The molecule has 3 heterocycles. The van der Waals surface area contributed by atoms with Gasteiger partial charge in [-0.1, -0.05) is 36.4 Å². The smallest absolute Gasteiger partial charge is 0.318 e. The van der Waals surface area contributed by atoms with Crippen LogP contribution in [0, 0.1) is 5.92 Å². The van der Waals surface area contributed by atoms with E-state index in [9.17, 15) is 14.4 Å². The molecule has 3 atom stereocenters. The highest BCUT2D eigenvalue weighted by Gasteiger charge is 2.37. The van der Waals surface area contributed by atoms with E-state index in [1.165, 1.54) is 0 Å². The molecule has 0 spiro atoms. The predicted molar refractivity (Wildman–Crippen MR) is 154 cm³/mol. The zero-order valence-electron chi connectivity index (χ0n) is 22.0. The van der Waals surface area contributed by atoms with Crippen LogP contribution in [0.15, 0.2) is 77.6 Å². The monoisotopic (exact) mass is 546 g/mol. The van der Waals surface area contributed by atoms with Crippen molar-refractivity contribution in [1.82, 2.24) is 14.8 Å². The molecule has 3 amide bonds. The quantitative estimate of drug-likeness (QED) is 0.417. The summed E-state index contributed by atoms with van der Waals surface area (Å²) < 4.78 is 7.68. The standard InChI is InChI=1S/C30H34N4O4S/c1-39-15-14-26(29(36)31-24-10-12-25(13-11-24)38-20-21-6-3-2-4-7-21)32-30(37)33-17-22-16-23(19-33)27-8-5-9-28(35)34(27)18-22/h2-13,22-23,26H,14-20H2,1H3,(H,31,36)(H,32,37)/t22-,23-,26-/m0/s1. The van der Waals surface area contributed by atoms with Gasteiger partial charge >= 0.3 is 6.03 Å². The highest BCUT2D eigenvalue weighted by molar-refractivity contribution is 7.98. The van der Waals surface area contributed by atoms with E-state index in [1.54, 1.807) is 40.9 Å². The molecule has 1 fully saturated rings. The van der Waals surface area contributed by atoms with Gasteiger partial charge in [-0.3, -0.25) is 9.59 Å². The Balaban J connectivity index is 1.19. The maximum absolute atomic E-state index is 13.3. The number of likely N-dealkylation sites (tertiary alicyclic amines) is 1. The average molecular weight is 547 g/mol. The lowest BCUT2D eigenvalue weighted by Crippen LogP contribution is -2.55. The van der Waals surface area contributed by atoms with Crippen LogP contribution in [-0.2, 0) is 17.9 Å². The summed E-state index contributed by atoms with van der Waals surface area (Å²) in [6.07, 6.45) is 3.47. The molecule has 0 aliphatic carbocycles. The van der Waals surface area contributed by atoms with Gasteiger partial charge in [0.2, 0.25) is 5.91 Å². The van der Waals surface area contributed by atoms with Crippen molar-refractivity contribution in [1.29, 1.82) is 0 Å². The van der Waals surface area contributed by atoms with Crippen LogP contribution in [0.2, 0.25) is 0 Å². The van der Waals surface area contributed by atoms with Crippen molar-refractivity contribution in [3.8, 4) is 5.75 Å². The van der Waals surface area contributed by atoms with Crippen molar-refractivity contribution >= 4 is 29.4 Å². The highest BCUT2D eigenvalue weighted by Crippen LogP contribution is 2.35. The van der Waals surface area contributed by atoms with E-state index < -0.39 is 6.04 Å². The van der Waals surface area contributed by atoms with Gasteiger partial charge in [-0.2, -0.15) is 11.8 Å². The number of ether oxygens (including phenoxy) is 1. The van der Waals surface area contributed by atoms with Crippen LogP contribution >= 0.6 is 11.8 Å². The third-order valence-electron chi connectivity index (χ3n) is 7.36. The molecule has 2 aromatic carbocycles. The van der Waals surface area contributed by atoms with Crippen LogP contribution in [-0.4, -0.2) is 52.5 Å². The molecule has 8 nitrogen and oxygen atoms in total. The number of piperidine rings is 1. The van der Waals surface area contributed by atoms with Crippen molar-refractivity contribution in [2.45, 2.75) is 38.0 Å². The van der Waals surface area contributed by atoms with E-state index in [0.29, 0.717) is 44.1 Å². The van der Waals surface area contributed by atoms with Crippen LogP contribution in [0.25, 0.3) is 0 Å². The minimum absolute atomic E-state index is 0.0182. The van der Waals surface area contributed by atoms with E-state index >= 15 is 0 Å². The Morgan fingerprint density at radius 2 is 1.79 bits per heavy atom. The van der Waals surface area contributed by atoms with Gasteiger partial charge in [0.1, 0.15) is 18.4 Å². The van der Waals surface area contributed by atoms with Crippen LogP contribution < -0.4 is 20.9 Å². The van der Waals surface area contributed by atoms with Crippen molar-refractivity contribution < 1.29 is 14.3 Å². The lowest BCUT2D eigenvalue weighted by molar-refractivity contribution is -0.118. The van der Waals surface area contributed by atoms with Gasteiger partial charge < -0.3 is 24.8 Å². The van der Waals surface area contributed by atoms with Gasteiger partial charge in [0.05, 0.1) is 0 Å². The normalized spacial score (nSPS) is 18.5.